The summed E-state index contributed by atoms with van der Waals surface area (Å²) in [5.41, 5.74) is 0. The molecule has 0 aromatic carbocycles. The van der Waals surface area contributed by atoms with Crippen molar-refractivity contribution in [3.63, 3.8) is 0 Å². The van der Waals surface area contributed by atoms with Crippen LogP contribution in [-0.4, -0.2) is 8.07 Å². The SMILES string of the molecule is [CH2]CCC[Si](C)(C)CCCC. The third-order valence-electron chi connectivity index (χ3n) is 2.31. The summed E-state index contributed by atoms with van der Waals surface area (Å²) in [6, 6.07) is 3.00. The molecule has 0 fully saturated rings. The van der Waals surface area contributed by atoms with Crippen LogP contribution in [0.3, 0.4) is 0 Å². The topological polar surface area (TPSA) is 0 Å². The molecule has 67 valence electrons. The van der Waals surface area contributed by atoms with Crippen LogP contribution in [0.2, 0.25) is 25.2 Å². The molecule has 0 aliphatic heterocycles. The summed E-state index contributed by atoms with van der Waals surface area (Å²) < 4.78 is 0. The third-order valence-corrected chi connectivity index (χ3v) is 5.72. The molecule has 0 atom stereocenters. The number of hydrogen-bond acceptors (Lipinski definition) is 0. The van der Waals surface area contributed by atoms with E-state index in [2.05, 4.69) is 26.9 Å². The lowest BCUT2D eigenvalue weighted by Crippen LogP contribution is -2.24. The number of hydrogen-bond donors (Lipinski definition) is 0. The van der Waals surface area contributed by atoms with E-state index >= 15 is 0 Å². The first-order valence-corrected chi connectivity index (χ1v) is 8.33. The minimum Gasteiger partial charge on any atom is -0.0693 e. The summed E-state index contributed by atoms with van der Waals surface area (Å²) >= 11 is 0. The second kappa shape index (κ2) is 5.82. The maximum Gasteiger partial charge on any atom is 0.0473 e. The average Bonchev–Trinajstić information content (AvgIpc) is 1.97. The van der Waals surface area contributed by atoms with Gasteiger partial charge in [-0.15, -0.1) is 0 Å². The predicted molar refractivity (Wildman–Crippen MR) is 56.6 cm³/mol. The Morgan fingerprint density at radius 3 is 2.09 bits per heavy atom. The van der Waals surface area contributed by atoms with Gasteiger partial charge in [0.1, 0.15) is 0 Å². The molecule has 0 rings (SSSR count). The van der Waals surface area contributed by atoms with E-state index in [0.717, 1.165) is 6.42 Å². The largest absolute Gasteiger partial charge is 0.0693 e. The van der Waals surface area contributed by atoms with E-state index in [1.54, 1.807) is 0 Å². The van der Waals surface area contributed by atoms with Crippen LogP contribution < -0.4 is 0 Å². The van der Waals surface area contributed by atoms with Crippen molar-refractivity contribution in [3.05, 3.63) is 6.92 Å². The van der Waals surface area contributed by atoms with Gasteiger partial charge in [0.25, 0.3) is 0 Å². The lowest BCUT2D eigenvalue weighted by atomic mass is 10.4. The predicted octanol–water partition coefficient (Wildman–Crippen LogP) is 4.11. The molecule has 0 N–H and O–H groups in total. The normalized spacial score (nSPS) is 12.0. The molecule has 0 amide bonds. The maximum atomic E-state index is 3.89. The zero-order chi connectivity index (χ0) is 8.74. The van der Waals surface area contributed by atoms with Gasteiger partial charge in [-0.25, -0.2) is 0 Å². The van der Waals surface area contributed by atoms with Crippen LogP contribution >= 0.6 is 0 Å². The zero-order valence-corrected chi connectivity index (χ0v) is 9.45. The molecular formula is C10H23Si. The second-order valence-electron chi connectivity index (χ2n) is 4.22. The van der Waals surface area contributed by atoms with Crippen molar-refractivity contribution in [3.8, 4) is 0 Å². The Bertz CT molecular complexity index is 76.9. The fourth-order valence-corrected chi connectivity index (χ4v) is 4.15. The lowest BCUT2D eigenvalue weighted by molar-refractivity contribution is 0.848. The fraction of sp³-hybridized carbons (Fsp3) is 0.900. The molecule has 0 saturated carbocycles. The molecule has 0 saturated heterocycles. The highest BCUT2D eigenvalue weighted by molar-refractivity contribution is 6.77. The van der Waals surface area contributed by atoms with Gasteiger partial charge in [0.05, 0.1) is 0 Å². The van der Waals surface area contributed by atoms with Crippen molar-refractivity contribution in [1.82, 2.24) is 0 Å². The molecule has 1 heteroatoms. The Hall–Kier alpha value is 0.217. The molecule has 0 heterocycles. The van der Waals surface area contributed by atoms with E-state index in [1.165, 1.54) is 31.4 Å². The van der Waals surface area contributed by atoms with Gasteiger partial charge in [-0.05, 0) is 0 Å². The van der Waals surface area contributed by atoms with Gasteiger partial charge in [-0.3, -0.25) is 0 Å². The number of unbranched alkanes of at least 4 members (excludes halogenated alkanes) is 2. The van der Waals surface area contributed by atoms with E-state index in [1.807, 2.05) is 0 Å². The van der Waals surface area contributed by atoms with Crippen LogP contribution in [0.25, 0.3) is 0 Å². The van der Waals surface area contributed by atoms with Crippen molar-refractivity contribution in [1.29, 1.82) is 0 Å². The monoisotopic (exact) mass is 171 g/mol. The third kappa shape index (κ3) is 6.61. The minimum absolute atomic E-state index is 0.785. The quantitative estimate of drug-likeness (QED) is 0.528. The Labute approximate surface area is 73.4 Å². The molecule has 0 aromatic rings. The van der Waals surface area contributed by atoms with Crippen molar-refractivity contribution in [2.45, 2.75) is 57.8 Å². The molecule has 0 spiro atoms. The Balaban J connectivity index is 3.43. The highest BCUT2D eigenvalue weighted by Crippen LogP contribution is 2.20. The van der Waals surface area contributed by atoms with Gasteiger partial charge < -0.3 is 0 Å². The van der Waals surface area contributed by atoms with Gasteiger partial charge in [0.15, 0.2) is 0 Å². The van der Waals surface area contributed by atoms with E-state index in [0.29, 0.717) is 0 Å². The van der Waals surface area contributed by atoms with Crippen LogP contribution in [0.15, 0.2) is 0 Å². The van der Waals surface area contributed by atoms with E-state index in [9.17, 15) is 0 Å². The van der Waals surface area contributed by atoms with Crippen LogP contribution in [0.5, 0.6) is 0 Å². The summed E-state index contributed by atoms with van der Waals surface area (Å²) in [5, 5.41) is 0. The Morgan fingerprint density at radius 2 is 1.64 bits per heavy atom. The van der Waals surface area contributed by atoms with E-state index < -0.39 is 8.07 Å². The van der Waals surface area contributed by atoms with E-state index in [-0.39, 0.29) is 0 Å². The lowest BCUT2D eigenvalue weighted by Gasteiger charge is -2.21. The van der Waals surface area contributed by atoms with Gasteiger partial charge in [-0.1, -0.05) is 64.7 Å². The summed E-state index contributed by atoms with van der Waals surface area (Å²) in [4.78, 5) is 0. The maximum absolute atomic E-state index is 3.89. The second-order valence-corrected chi connectivity index (χ2v) is 9.55. The van der Waals surface area contributed by atoms with Gasteiger partial charge in [0.2, 0.25) is 0 Å². The first-order valence-electron chi connectivity index (χ1n) is 4.91. The molecule has 0 aliphatic rings. The van der Waals surface area contributed by atoms with Crippen LogP contribution in [-0.2, 0) is 0 Å². The van der Waals surface area contributed by atoms with Gasteiger partial charge >= 0.3 is 0 Å². The standard InChI is InChI=1S/C10H23Si/c1-5-7-9-11(3,4)10-8-6-2/h1,5-10H2,2-4H3. The molecule has 0 aromatic heterocycles. The smallest absolute Gasteiger partial charge is 0.0473 e. The fourth-order valence-electron chi connectivity index (χ4n) is 1.38. The summed E-state index contributed by atoms with van der Waals surface area (Å²) in [7, 11) is -0.785. The van der Waals surface area contributed by atoms with Crippen LogP contribution in [0.4, 0.5) is 0 Å². The van der Waals surface area contributed by atoms with Gasteiger partial charge in [0, 0.05) is 8.07 Å². The Kier molecular flexibility index (Phi) is 5.93. The molecular weight excluding hydrogens is 148 g/mol. The van der Waals surface area contributed by atoms with Gasteiger partial charge in [-0.2, -0.15) is 0 Å². The van der Waals surface area contributed by atoms with Crippen molar-refractivity contribution in [2.75, 3.05) is 0 Å². The van der Waals surface area contributed by atoms with Crippen LogP contribution in [0.1, 0.15) is 32.6 Å². The summed E-state index contributed by atoms with van der Waals surface area (Å²) in [6.45, 7) is 11.2. The molecule has 0 aliphatic carbocycles. The summed E-state index contributed by atoms with van der Waals surface area (Å²) in [5.74, 6) is 0. The highest BCUT2D eigenvalue weighted by atomic mass is 28.3. The number of rotatable bonds is 6. The van der Waals surface area contributed by atoms with Crippen LogP contribution in [0, 0.1) is 6.92 Å². The van der Waals surface area contributed by atoms with Crippen molar-refractivity contribution >= 4 is 8.07 Å². The minimum atomic E-state index is -0.785. The average molecular weight is 171 g/mol. The highest BCUT2D eigenvalue weighted by Gasteiger charge is 2.17. The van der Waals surface area contributed by atoms with E-state index in [4.69, 9.17) is 0 Å². The molecule has 0 nitrogen and oxygen atoms in total. The first-order chi connectivity index (χ1) is 5.12. The molecule has 11 heavy (non-hydrogen) atoms. The zero-order valence-electron chi connectivity index (χ0n) is 8.45. The summed E-state index contributed by atoms with van der Waals surface area (Å²) in [6.07, 6.45) is 5.28. The molecule has 0 unspecified atom stereocenters. The molecule has 1 radical (unpaired) electrons. The molecule has 0 bridgehead atoms. The van der Waals surface area contributed by atoms with Crippen molar-refractivity contribution < 1.29 is 0 Å². The first kappa shape index (κ1) is 11.2. The van der Waals surface area contributed by atoms with Crippen molar-refractivity contribution in [2.24, 2.45) is 0 Å². The Morgan fingerprint density at radius 1 is 1.09 bits per heavy atom.